The van der Waals surface area contributed by atoms with Crippen molar-refractivity contribution in [2.24, 2.45) is 0 Å². The van der Waals surface area contributed by atoms with Crippen molar-refractivity contribution in [2.75, 3.05) is 0 Å². The SMILES string of the molecule is O=S(/C=C/c1ccc(Cl)cc1)c1ccccc1. The Kier molecular flexibility index (Phi) is 4.13. The third kappa shape index (κ3) is 3.55. The van der Waals surface area contributed by atoms with Crippen molar-refractivity contribution in [1.82, 2.24) is 0 Å². The number of halogens is 1. The van der Waals surface area contributed by atoms with Crippen molar-refractivity contribution >= 4 is 28.5 Å². The summed E-state index contributed by atoms with van der Waals surface area (Å²) in [5, 5.41) is 2.38. The van der Waals surface area contributed by atoms with E-state index in [9.17, 15) is 4.21 Å². The van der Waals surface area contributed by atoms with Gasteiger partial charge < -0.3 is 0 Å². The summed E-state index contributed by atoms with van der Waals surface area (Å²) in [6.45, 7) is 0. The summed E-state index contributed by atoms with van der Waals surface area (Å²) in [6.07, 6.45) is 1.83. The number of hydrogen-bond acceptors (Lipinski definition) is 1. The minimum absolute atomic E-state index is 0.700. The van der Waals surface area contributed by atoms with Crippen LogP contribution in [0.2, 0.25) is 5.02 Å². The molecule has 0 fully saturated rings. The molecule has 0 bridgehead atoms. The van der Waals surface area contributed by atoms with Gasteiger partial charge in [0, 0.05) is 15.3 Å². The van der Waals surface area contributed by atoms with Crippen LogP contribution < -0.4 is 0 Å². The monoisotopic (exact) mass is 262 g/mol. The molecule has 0 aliphatic carbocycles. The van der Waals surface area contributed by atoms with Crippen LogP contribution in [0.5, 0.6) is 0 Å². The van der Waals surface area contributed by atoms with Crippen molar-refractivity contribution in [3.05, 3.63) is 70.6 Å². The molecule has 1 atom stereocenters. The van der Waals surface area contributed by atoms with Crippen LogP contribution in [-0.2, 0) is 10.8 Å². The lowest BCUT2D eigenvalue weighted by molar-refractivity contribution is 0.688. The summed E-state index contributed by atoms with van der Waals surface area (Å²) >= 11 is 5.79. The first kappa shape index (κ1) is 12.1. The highest BCUT2D eigenvalue weighted by atomic mass is 35.5. The molecule has 1 unspecified atom stereocenters. The number of benzene rings is 2. The normalized spacial score (nSPS) is 12.8. The summed E-state index contributed by atoms with van der Waals surface area (Å²) in [7, 11) is -1.10. The summed E-state index contributed by atoms with van der Waals surface area (Å²) < 4.78 is 11.9. The van der Waals surface area contributed by atoms with Crippen molar-refractivity contribution in [3.63, 3.8) is 0 Å². The van der Waals surface area contributed by atoms with Crippen LogP contribution in [0.3, 0.4) is 0 Å². The van der Waals surface area contributed by atoms with E-state index in [4.69, 9.17) is 11.6 Å². The fraction of sp³-hybridized carbons (Fsp3) is 0. The molecule has 0 saturated heterocycles. The molecule has 2 rings (SSSR count). The summed E-state index contributed by atoms with van der Waals surface area (Å²) in [5.74, 6) is 0. The van der Waals surface area contributed by atoms with Crippen LogP contribution in [0.1, 0.15) is 5.56 Å². The summed E-state index contributed by atoms with van der Waals surface area (Å²) in [4.78, 5) is 0.803. The Morgan fingerprint density at radius 1 is 0.941 bits per heavy atom. The smallest absolute Gasteiger partial charge is 0.0776 e. The third-order valence-corrected chi connectivity index (χ3v) is 3.60. The maximum Gasteiger partial charge on any atom is 0.0776 e. The topological polar surface area (TPSA) is 17.1 Å². The quantitative estimate of drug-likeness (QED) is 0.813. The van der Waals surface area contributed by atoms with Crippen LogP contribution in [0.25, 0.3) is 6.08 Å². The highest BCUT2D eigenvalue weighted by Crippen LogP contribution is 2.12. The molecular formula is C14H11ClOS. The van der Waals surface area contributed by atoms with E-state index in [1.165, 1.54) is 0 Å². The van der Waals surface area contributed by atoms with E-state index in [1.807, 2.05) is 60.7 Å². The van der Waals surface area contributed by atoms with Crippen molar-refractivity contribution in [3.8, 4) is 0 Å². The van der Waals surface area contributed by atoms with E-state index in [0.717, 1.165) is 10.5 Å². The molecular weight excluding hydrogens is 252 g/mol. The van der Waals surface area contributed by atoms with E-state index >= 15 is 0 Å². The van der Waals surface area contributed by atoms with Gasteiger partial charge in [0.15, 0.2) is 0 Å². The maximum atomic E-state index is 11.9. The molecule has 2 aromatic rings. The molecule has 17 heavy (non-hydrogen) atoms. The van der Waals surface area contributed by atoms with Crippen LogP contribution >= 0.6 is 11.6 Å². The molecule has 0 amide bonds. The average molecular weight is 263 g/mol. The number of rotatable bonds is 3. The highest BCUT2D eigenvalue weighted by molar-refractivity contribution is 7.88. The molecule has 0 saturated carbocycles. The zero-order chi connectivity index (χ0) is 12.1. The average Bonchev–Trinajstić information content (AvgIpc) is 2.39. The molecule has 0 aliphatic heterocycles. The largest absolute Gasteiger partial charge is 0.250 e. The standard InChI is InChI=1S/C14H11ClOS/c15-13-8-6-12(7-9-13)10-11-17(16)14-4-2-1-3-5-14/h1-11H/b11-10+. The lowest BCUT2D eigenvalue weighted by Gasteiger charge is -1.96. The summed E-state index contributed by atoms with van der Waals surface area (Å²) in [5.41, 5.74) is 0.985. The van der Waals surface area contributed by atoms with Gasteiger partial charge in [-0.1, -0.05) is 41.9 Å². The molecule has 86 valence electrons. The second-order valence-electron chi connectivity index (χ2n) is 3.46. The first-order valence-corrected chi connectivity index (χ1v) is 6.74. The van der Waals surface area contributed by atoms with Gasteiger partial charge >= 0.3 is 0 Å². The van der Waals surface area contributed by atoms with E-state index < -0.39 is 10.8 Å². The van der Waals surface area contributed by atoms with Gasteiger partial charge in [-0.05, 0) is 35.9 Å². The van der Waals surface area contributed by atoms with E-state index in [-0.39, 0.29) is 0 Å². The Hall–Kier alpha value is -1.38. The van der Waals surface area contributed by atoms with Crippen molar-refractivity contribution in [1.29, 1.82) is 0 Å². The maximum absolute atomic E-state index is 11.9. The first-order chi connectivity index (χ1) is 8.25. The lowest BCUT2D eigenvalue weighted by Crippen LogP contribution is -1.84. The molecule has 0 radical (unpaired) electrons. The van der Waals surface area contributed by atoms with Gasteiger partial charge in [0.1, 0.15) is 0 Å². The molecule has 0 heterocycles. The van der Waals surface area contributed by atoms with E-state index in [0.29, 0.717) is 5.02 Å². The van der Waals surface area contributed by atoms with Crippen LogP contribution in [0.4, 0.5) is 0 Å². The zero-order valence-electron chi connectivity index (χ0n) is 9.05. The highest BCUT2D eigenvalue weighted by Gasteiger charge is 1.97. The van der Waals surface area contributed by atoms with Gasteiger partial charge in [-0.25, -0.2) is 4.21 Å². The van der Waals surface area contributed by atoms with Crippen LogP contribution in [-0.4, -0.2) is 4.21 Å². The molecule has 3 heteroatoms. The molecule has 0 N–H and O–H groups in total. The first-order valence-electron chi connectivity index (χ1n) is 5.15. The Morgan fingerprint density at radius 3 is 2.24 bits per heavy atom. The van der Waals surface area contributed by atoms with Crippen LogP contribution in [0.15, 0.2) is 64.9 Å². The predicted octanol–water partition coefficient (Wildman–Crippen LogP) is 4.12. The van der Waals surface area contributed by atoms with Gasteiger partial charge in [0.05, 0.1) is 10.8 Å². The second kappa shape index (κ2) is 5.80. The molecule has 0 aliphatic rings. The fourth-order valence-corrected chi connectivity index (χ4v) is 2.34. The van der Waals surface area contributed by atoms with E-state index in [2.05, 4.69) is 0 Å². The minimum atomic E-state index is -1.10. The van der Waals surface area contributed by atoms with Crippen LogP contribution in [0, 0.1) is 0 Å². The van der Waals surface area contributed by atoms with Gasteiger partial charge in [0.25, 0.3) is 0 Å². The van der Waals surface area contributed by atoms with Gasteiger partial charge in [-0.2, -0.15) is 0 Å². The number of hydrogen-bond donors (Lipinski definition) is 0. The van der Waals surface area contributed by atoms with Gasteiger partial charge in [-0.3, -0.25) is 0 Å². The Bertz CT molecular complexity index is 532. The molecule has 0 spiro atoms. The second-order valence-corrected chi connectivity index (χ2v) is 5.24. The lowest BCUT2D eigenvalue weighted by atomic mass is 10.2. The third-order valence-electron chi connectivity index (χ3n) is 2.23. The zero-order valence-corrected chi connectivity index (χ0v) is 10.6. The minimum Gasteiger partial charge on any atom is -0.250 e. The van der Waals surface area contributed by atoms with Crippen molar-refractivity contribution < 1.29 is 4.21 Å². The molecule has 2 aromatic carbocycles. The predicted molar refractivity (Wildman–Crippen MR) is 73.3 cm³/mol. The fourth-order valence-electron chi connectivity index (χ4n) is 1.35. The van der Waals surface area contributed by atoms with Crippen molar-refractivity contribution in [2.45, 2.75) is 4.90 Å². The van der Waals surface area contributed by atoms with E-state index in [1.54, 1.807) is 5.41 Å². The Morgan fingerprint density at radius 2 is 1.59 bits per heavy atom. The molecule has 1 nitrogen and oxygen atoms in total. The Labute approximate surface area is 108 Å². The van der Waals surface area contributed by atoms with Gasteiger partial charge in [-0.15, -0.1) is 0 Å². The Balaban J connectivity index is 2.11. The van der Waals surface area contributed by atoms with Gasteiger partial charge in [0.2, 0.25) is 0 Å². The summed E-state index contributed by atoms with van der Waals surface area (Å²) in [6, 6.07) is 16.8. The molecule has 0 aromatic heterocycles.